The second kappa shape index (κ2) is 12.4. The van der Waals surface area contributed by atoms with Gasteiger partial charge >= 0.3 is 0 Å². The van der Waals surface area contributed by atoms with Gasteiger partial charge in [0, 0.05) is 50.3 Å². The number of amides is 2. The van der Waals surface area contributed by atoms with E-state index < -0.39 is 11.8 Å². The summed E-state index contributed by atoms with van der Waals surface area (Å²) < 4.78 is 15.1. The zero-order valence-electron chi connectivity index (χ0n) is 21.7. The van der Waals surface area contributed by atoms with Crippen LogP contribution in [0.25, 0.3) is 22.1 Å². The lowest BCUT2D eigenvalue weighted by Crippen LogP contribution is -2.12. The highest BCUT2D eigenvalue weighted by atomic mass is 16.5. The van der Waals surface area contributed by atoms with Crippen molar-refractivity contribution in [1.29, 1.82) is 0 Å². The van der Waals surface area contributed by atoms with Crippen LogP contribution in [0.1, 0.15) is 33.6 Å². The van der Waals surface area contributed by atoms with E-state index >= 15 is 0 Å². The van der Waals surface area contributed by atoms with Crippen molar-refractivity contribution in [3.8, 4) is 11.5 Å². The number of benzene rings is 2. The van der Waals surface area contributed by atoms with Gasteiger partial charge in [0.15, 0.2) is 0 Å². The Bertz CT molecular complexity index is 1460. The number of imidazole rings is 2. The summed E-state index contributed by atoms with van der Waals surface area (Å²) in [5, 5.41) is 18.2. The number of primary amides is 2. The van der Waals surface area contributed by atoms with Crippen molar-refractivity contribution in [3.63, 3.8) is 0 Å². The molecule has 0 atom stereocenters. The van der Waals surface area contributed by atoms with Crippen molar-refractivity contribution < 1.29 is 29.3 Å². The van der Waals surface area contributed by atoms with Crippen LogP contribution in [0.15, 0.2) is 36.4 Å². The van der Waals surface area contributed by atoms with Crippen molar-refractivity contribution in [2.24, 2.45) is 11.5 Å². The zero-order valence-corrected chi connectivity index (χ0v) is 21.7. The zero-order chi connectivity index (χ0) is 28.8. The number of hydrogen-bond donors (Lipinski definition) is 6. The molecule has 0 aliphatic rings. The summed E-state index contributed by atoms with van der Waals surface area (Å²) in [5.74, 6) is -0.0995. The molecule has 0 saturated heterocycles. The van der Waals surface area contributed by atoms with Gasteiger partial charge in [-0.3, -0.25) is 9.59 Å². The van der Waals surface area contributed by atoms with Crippen LogP contribution in [0.5, 0.6) is 11.5 Å². The smallest absolute Gasteiger partial charge is 0.248 e. The third-order valence-electron chi connectivity index (χ3n) is 6.10. The first-order valence-corrected chi connectivity index (χ1v) is 12.6. The van der Waals surface area contributed by atoms with Crippen molar-refractivity contribution in [1.82, 2.24) is 19.1 Å². The van der Waals surface area contributed by atoms with Gasteiger partial charge in [0.2, 0.25) is 23.7 Å². The van der Waals surface area contributed by atoms with Gasteiger partial charge in [-0.15, -0.1) is 0 Å². The Morgan fingerprint density at radius 2 is 1.15 bits per heavy atom. The molecule has 0 aliphatic heterocycles. The molecule has 0 saturated carbocycles. The summed E-state index contributed by atoms with van der Waals surface area (Å²) in [7, 11) is 0. The van der Waals surface area contributed by atoms with E-state index in [1.165, 1.54) is 12.1 Å². The Hall–Kier alpha value is -4.82. The van der Waals surface area contributed by atoms with Crippen molar-refractivity contribution in [2.75, 3.05) is 37.9 Å². The Kier molecular flexibility index (Phi) is 8.71. The molecule has 0 fully saturated rings. The molecule has 2 heterocycles. The number of aromatic nitrogens is 4. The van der Waals surface area contributed by atoms with E-state index in [0.29, 0.717) is 59.5 Å². The van der Waals surface area contributed by atoms with E-state index in [1.54, 1.807) is 21.3 Å². The molecule has 10 N–H and O–H groups in total. The van der Waals surface area contributed by atoms with Crippen molar-refractivity contribution >= 4 is 45.8 Å². The molecule has 0 unspecified atom stereocenters. The van der Waals surface area contributed by atoms with Crippen molar-refractivity contribution in [3.05, 3.63) is 47.5 Å². The van der Waals surface area contributed by atoms with Gasteiger partial charge in [-0.05, 0) is 24.3 Å². The van der Waals surface area contributed by atoms with Crippen LogP contribution in [0, 0.1) is 0 Å². The molecule has 2 amide bonds. The van der Waals surface area contributed by atoms with Gasteiger partial charge < -0.3 is 51.8 Å². The van der Waals surface area contributed by atoms with Crippen LogP contribution in [-0.4, -0.2) is 67.6 Å². The lowest BCUT2D eigenvalue weighted by Gasteiger charge is -2.12. The molecular formula is C26H32N8O6. The van der Waals surface area contributed by atoms with Crippen molar-refractivity contribution in [2.45, 2.75) is 25.9 Å². The topological polar surface area (TPSA) is 233 Å². The van der Waals surface area contributed by atoms with Gasteiger partial charge in [-0.25, -0.2) is 9.97 Å². The monoisotopic (exact) mass is 552 g/mol. The summed E-state index contributed by atoms with van der Waals surface area (Å²) in [6.07, 6.45) is 4.51. The van der Waals surface area contributed by atoms with Crippen LogP contribution in [0.3, 0.4) is 0 Å². The standard InChI is InChI=1S/C26H32N8O6/c27-23(37)15-11-17-21(19(13-15)39-9-3-7-35)33(25(29)31-17)5-1-2-6-34-22-18(32-26(34)30)12-16(24(28)38)14-20(22)40-10-4-8-36/h1-2,11-14,35-36H,3-10H2,(H2,27,37)(H2,28,38)(H2,29,31)(H2,30,32)/b2-1+. The number of nitrogen functional groups attached to an aromatic ring is 2. The Morgan fingerprint density at radius 3 is 1.50 bits per heavy atom. The maximum absolute atomic E-state index is 11.8. The number of nitrogens with two attached hydrogens (primary N) is 4. The summed E-state index contributed by atoms with van der Waals surface area (Å²) in [6.45, 7) is 0.975. The highest BCUT2D eigenvalue weighted by molar-refractivity contribution is 5.99. The maximum atomic E-state index is 11.8. The highest BCUT2D eigenvalue weighted by Crippen LogP contribution is 2.31. The molecule has 0 aliphatic carbocycles. The van der Waals surface area contributed by atoms with Gasteiger partial charge in [0.05, 0.1) is 24.2 Å². The van der Waals surface area contributed by atoms with E-state index in [-0.39, 0.29) is 49.5 Å². The number of ether oxygens (including phenoxy) is 2. The first-order chi connectivity index (χ1) is 19.2. The Balaban J connectivity index is 1.63. The fourth-order valence-electron chi connectivity index (χ4n) is 4.22. The second-order valence-electron chi connectivity index (χ2n) is 8.90. The molecule has 212 valence electrons. The number of rotatable bonds is 14. The number of carbonyl (C=O) groups excluding carboxylic acids is 2. The molecule has 4 aromatic rings. The lowest BCUT2D eigenvalue weighted by atomic mass is 10.1. The van der Waals surface area contributed by atoms with E-state index in [0.717, 1.165) is 0 Å². The predicted octanol–water partition coefficient (Wildman–Crippen LogP) is 0.527. The Morgan fingerprint density at radius 1 is 0.750 bits per heavy atom. The fraction of sp³-hybridized carbons (Fsp3) is 0.308. The first-order valence-electron chi connectivity index (χ1n) is 12.6. The largest absolute Gasteiger partial charge is 0.491 e. The molecule has 0 spiro atoms. The number of allylic oxidation sites excluding steroid dienone is 2. The number of anilines is 2. The van der Waals surface area contributed by atoms with Gasteiger partial charge in [0.25, 0.3) is 0 Å². The maximum Gasteiger partial charge on any atom is 0.248 e. The number of hydrogen-bond acceptors (Lipinski definition) is 10. The minimum atomic E-state index is -0.630. The number of aliphatic hydroxyl groups excluding tert-OH is 2. The van der Waals surface area contributed by atoms with Gasteiger partial charge in [0.1, 0.15) is 22.5 Å². The first kappa shape index (κ1) is 28.2. The molecule has 0 bridgehead atoms. The molecule has 40 heavy (non-hydrogen) atoms. The van der Waals surface area contributed by atoms with E-state index in [2.05, 4.69) is 9.97 Å². The average Bonchev–Trinajstić information content (AvgIpc) is 3.41. The van der Waals surface area contributed by atoms with Crippen LogP contribution < -0.4 is 32.4 Å². The van der Waals surface area contributed by atoms with E-state index in [9.17, 15) is 9.59 Å². The van der Waals surface area contributed by atoms with Gasteiger partial charge in [-0.2, -0.15) is 0 Å². The number of nitrogens with zero attached hydrogens (tertiary/aromatic N) is 4. The number of carbonyl (C=O) groups is 2. The predicted molar refractivity (Wildman–Crippen MR) is 149 cm³/mol. The summed E-state index contributed by atoms with van der Waals surface area (Å²) >= 11 is 0. The van der Waals surface area contributed by atoms with Gasteiger partial charge in [-0.1, -0.05) is 12.2 Å². The van der Waals surface area contributed by atoms with Crippen LogP contribution >= 0.6 is 0 Å². The third-order valence-corrected chi connectivity index (χ3v) is 6.10. The molecular weight excluding hydrogens is 520 g/mol. The lowest BCUT2D eigenvalue weighted by molar-refractivity contribution is 0.0991. The summed E-state index contributed by atoms with van der Waals surface area (Å²) in [4.78, 5) is 32.3. The third kappa shape index (κ3) is 5.92. The fourth-order valence-corrected chi connectivity index (χ4v) is 4.22. The van der Waals surface area contributed by atoms with E-state index in [1.807, 2.05) is 12.2 Å². The summed E-state index contributed by atoms with van der Waals surface area (Å²) in [5.41, 5.74) is 25.8. The number of aliphatic hydroxyl groups is 2. The quantitative estimate of drug-likeness (QED) is 0.0937. The second-order valence-corrected chi connectivity index (χ2v) is 8.90. The molecule has 2 aromatic heterocycles. The molecule has 4 rings (SSSR count). The Labute approximate surface area is 228 Å². The van der Waals surface area contributed by atoms with Crippen LogP contribution in [-0.2, 0) is 13.1 Å². The van der Waals surface area contributed by atoms with Crippen LogP contribution in [0.4, 0.5) is 11.9 Å². The summed E-state index contributed by atoms with van der Waals surface area (Å²) in [6, 6.07) is 6.15. The minimum Gasteiger partial charge on any atom is -0.491 e. The number of fused-ring (bicyclic) bond motifs is 2. The molecule has 2 aromatic carbocycles. The van der Waals surface area contributed by atoms with E-state index in [4.69, 9.17) is 42.6 Å². The molecule has 14 nitrogen and oxygen atoms in total. The average molecular weight is 553 g/mol. The molecule has 14 heteroatoms. The highest BCUT2D eigenvalue weighted by Gasteiger charge is 2.18. The van der Waals surface area contributed by atoms with Crippen LogP contribution in [0.2, 0.25) is 0 Å². The minimum absolute atomic E-state index is 0.0487. The SMILES string of the molecule is NC(=O)c1cc(OCCCO)c2c(c1)nc(N)n2C/C=C/Cn1c(N)nc2cc(C(N)=O)cc(OCCCO)c21. The normalized spacial score (nSPS) is 11.6. The molecule has 0 radical (unpaired) electrons.